The molecule has 0 fully saturated rings. The third-order valence-corrected chi connectivity index (χ3v) is 2.82. The van der Waals surface area contributed by atoms with E-state index < -0.39 is 11.8 Å². The molecule has 0 bridgehead atoms. The van der Waals surface area contributed by atoms with Gasteiger partial charge in [-0.1, -0.05) is 18.2 Å². The van der Waals surface area contributed by atoms with Crippen LogP contribution in [0.1, 0.15) is 21.5 Å². The van der Waals surface area contributed by atoms with Crippen LogP contribution in [0.15, 0.2) is 42.5 Å². The summed E-state index contributed by atoms with van der Waals surface area (Å²) in [5, 5.41) is 20.5. The number of aromatic carboxylic acids is 1. The number of carboxylic acid groups (broad SMARTS) is 1. The van der Waals surface area contributed by atoms with Crippen LogP contribution >= 0.6 is 0 Å². The van der Waals surface area contributed by atoms with E-state index >= 15 is 0 Å². The molecule has 0 saturated heterocycles. The van der Waals surface area contributed by atoms with Gasteiger partial charge >= 0.3 is 5.97 Å². The summed E-state index contributed by atoms with van der Waals surface area (Å²) in [4.78, 5) is 11.0. The van der Waals surface area contributed by atoms with Crippen LogP contribution in [0.2, 0.25) is 0 Å². The summed E-state index contributed by atoms with van der Waals surface area (Å²) >= 11 is 0. The van der Waals surface area contributed by atoms with Crippen molar-refractivity contribution in [2.24, 2.45) is 0 Å². The number of nitriles is 1. The van der Waals surface area contributed by atoms with E-state index in [0.717, 1.165) is 6.07 Å². The van der Waals surface area contributed by atoms with Crippen molar-refractivity contribution >= 4 is 11.7 Å². The van der Waals surface area contributed by atoms with Crippen LogP contribution in [-0.4, -0.2) is 11.1 Å². The number of benzene rings is 2. The summed E-state index contributed by atoms with van der Waals surface area (Å²) in [6, 6.07) is 12.4. The summed E-state index contributed by atoms with van der Waals surface area (Å²) in [5.41, 5.74) is 1.20. The first-order valence-electron chi connectivity index (χ1n) is 5.86. The Hall–Kier alpha value is -2.87. The van der Waals surface area contributed by atoms with Gasteiger partial charge in [0, 0.05) is 6.54 Å². The number of nitrogens with zero attached hydrogens (tertiary/aromatic N) is 1. The van der Waals surface area contributed by atoms with E-state index in [9.17, 15) is 9.18 Å². The molecule has 0 aromatic heterocycles. The van der Waals surface area contributed by atoms with Gasteiger partial charge in [-0.15, -0.1) is 0 Å². The fraction of sp³-hybridized carbons (Fsp3) is 0.0667. The van der Waals surface area contributed by atoms with E-state index in [1.165, 1.54) is 18.2 Å². The standard InChI is InChI=1S/C15H11FN2O2/c16-13-7-10(8-17)5-6-14(13)18-9-11-3-1-2-4-12(11)15(19)20/h1-7,18H,9H2,(H,19,20). The molecule has 0 atom stereocenters. The Morgan fingerprint density at radius 3 is 2.70 bits per heavy atom. The van der Waals surface area contributed by atoms with Crippen molar-refractivity contribution < 1.29 is 14.3 Å². The second-order valence-electron chi connectivity index (χ2n) is 4.12. The Balaban J connectivity index is 2.18. The molecule has 0 unspecified atom stereocenters. The van der Waals surface area contributed by atoms with Gasteiger partial charge in [-0.3, -0.25) is 0 Å². The minimum Gasteiger partial charge on any atom is -0.478 e. The van der Waals surface area contributed by atoms with Crippen molar-refractivity contribution in [2.45, 2.75) is 6.54 Å². The lowest BCUT2D eigenvalue weighted by Crippen LogP contribution is -2.07. The van der Waals surface area contributed by atoms with E-state index in [0.29, 0.717) is 5.56 Å². The molecule has 0 spiro atoms. The average molecular weight is 270 g/mol. The number of hydrogen-bond donors (Lipinski definition) is 2. The molecule has 2 N–H and O–H groups in total. The largest absolute Gasteiger partial charge is 0.478 e. The van der Waals surface area contributed by atoms with Gasteiger partial charge in [-0.25, -0.2) is 9.18 Å². The molecule has 2 aromatic rings. The molecular weight excluding hydrogens is 259 g/mol. The van der Waals surface area contributed by atoms with Crippen LogP contribution in [0.5, 0.6) is 0 Å². The normalized spacial score (nSPS) is 9.80. The van der Waals surface area contributed by atoms with E-state index in [4.69, 9.17) is 10.4 Å². The lowest BCUT2D eigenvalue weighted by molar-refractivity contribution is 0.0696. The Kier molecular flexibility index (Phi) is 3.96. The van der Waals surface area contributed by atoms with E-state index in [2.05, 4.69) is 5.32 Å². The number of hydrogen-bond acceptors (Lipinski definition) is 3. The second-order valence-corrected chi connectivity index (χ2v) is 4.12. The predicted molar refractivity (Wildman–Crippen MR) is 71.8 cm³/mol. The van der Waals surface area contributed by atoms with Gasteiger partial charge in [0.1, 0.15) is 5.82 Å². The summed E-state index contributed by atoms with van der Waals surface area (Å²) in [6.45, 7) is 0.186. The second kappa shape index (κ2) is 5.85. The summed E-state index contributed by atoms with van der Waals surface area (Å²) in [7, 11) is 0. The summed E-state index contributed by atoms with van der Waals surface area (Å²) in [5.74, 6) is -1.57. The van der Waals surface area contributed by atoms with Crippen LogP contribution in [0.25, 0.3) is 0 Å². The van der Waals surface area contributed by atoms with Gasteiger partial charge in [0.15, 0.2) is 0 Å². The number of halogens is 1. The summed E-state index contributed by atoms with van der Waals surface area (Å²) in [6.07, 6.45) is 0. The van der Waals surface area contributed by atoms with Gasteiger partial charge in [-0.2, -0.15) is 5.26 Å². The lowest BCUT2D eigenvalue weighted by Gasteiger charge is -2.10. The SMILES string of the molecule is N#Cc1ccc(NCc2ccccc2C(=O)O)c(F)c1. The van der Waals surface area contributed by atoms with Crippen LogP contribution in [0.4, 0.5) is 10.1 Å². The number of anilines is 1. The highest BCUT2D eigenvalue weighted by Gasteiger charge is 2.09. The molecule has 2 rings (SSSR count). The molecule has 0 aliphatic heterocycles. The Morgan fingerprint density at radius 1 is 1.30 bits per heavy atom. The fourth-order valence-electron chi connectivity index (χ4n) is 1.80. The first-order valence-corrected chi connectivity index (χ1v) is 5.86. The van der Waals surface area contributed by atoms with E-state index in [1.54, 1.807) is 18.2 Å². The number of nitrogens with one attached hydrogen (secondary N) is 1. The maximum Gasteiger partial charge on any atom is 0.336 e. The smallest absolute Gasteiger partial charge is 0.336 e. The predicted octanol–water partition coefficient (Wildman–Crippen LogP) is 3.01. The zero-order chi connectivity index (χ0) is 14.5. The average Bonchev–Trinajstić information content (AvgIpc) is 2.46. The Morgan fingerprint density at radius 2 is 2.05 bits per heavy atom. The van der Waals surface area contributed by atoms with Crippen molar-refractivity contribution in [1.29, 1.82) is 5.26 Å². The molecule has 2 aromatic carbocycles. The van der Waals surface area contributed by atoms with Gasteiger partial charge in [0.2, 0.25) is 0 Å². The third-order valence-electron chi connectivity index (χ3n) is 2.82. The van der Waals surface area contributed by atoms with Crippen molar-refractivity contribution in [1.82, 2.24) is 0 Å². The molecule has 20 heavy (non-hydrogen) atoms. The maximum atomic E-state index is 13.7. The minimum absolute atomic E-state index is 0.175. The first-order chi connectivity index (χ1) is 9.61. The summed E-state index contributed by atoms with van der Waals surface area (Å²) < 4.78 is 13.7. The van der Waals surface area contributed by atoms with Crippen LogP contribution in [0, 0.1) is 17.1 Å². The highest BCUT2D eigenvalue weighted by Crippen LogP contribution is 2.17. The van der Waals surface area contributed by atoms with Crippen molar-refractivity contribution in [2.75, 3.05) is 5.32 Å². The van der Waals surface area contributed by atoms with Gasteiger partial charge < -0.3 is 10.4 Å². The van der Waals surface area contributed by atoms with Gasteiger partial charge in [0.05, 0.1) is 22.9 Å². The van der Waals surface area contributed by atoms with Crippen molar-refractivity contribution in [3.63, 3.8) is 0 Å². The van der Waals surface area contributed by atoms with Gasteiger partial charge in [-0.05, 0) is 29.8 Å². The lowest BCUT2D eigenvalue weighted by atomic mass is 10.1. The number of rotatable bonds is 4. The Bertz CT molecular complexity index is 693. The molecule has 0 radical (unpaired) electrons. The molecule has 0 amide bonds. The molecule has 100 valence electrons. The molecular formula is C15H11FN2O2. The molecule has 0 heterocycles. The highest BCUT2D eigenvalue weighted by molar-refractivity contribution is 5.89. The van der Waals surface area contributed by atoms with Gasteiger partial charge in [0.25, 0.3) is 0 Å². The maximum absolute atomic E-state index is 13.7. The van der Waals surface area contributed by atoms with Crippen LogP contribution < -0.4 is 5.32 Å². The van der Waals surface area contributed by atoms with Crippen molar-refractivity contribution in [3.05, 3.63) is 65.0 Å². The minimum atomic E-state index is -1.03. The molecule has 4 nitrogen and oxygen atoms in total. The van der Waals surface area contributed by atoms with Crippen LogP contribution in [0.3, 0.4) is 0 Å². The first kappa shape index (κ1) is 13.6. The monoisotopic (exact) mass is 270 g/mol. The Labute approximate surface area is 115 Å². The third kappa shape index (κ3) is 2.93. The molecule has 0 aliphatic rings. The highest BCUT2D eigenvalue weighted by atomic mass is 19.1. The van der Waals surface area contributed by atoms with Crippen molar-refractivity contribution in [3.8, 4) is 6.07 Å². The topological polar surface area (TPSA) is 73.1 Å². The molecule has 0 aliphatic carbocycles. The van der Waals surface area contributed by atoms with Crippen LogP contribution in [-0.2, 0) is 6.54 Å². The zero-order valence-corrected chi connectivity index (χ0v) is 10.4. The van der Waals surface area contributed by atoms with E-state index in [-0.39, 0.29) is 23.4 Å². The number of carbonyl (C=O) groups is 1. The number of carboxylic acids is 1. The van der Waals surface area contributed by atoms with E-state index in [1.807, 2.05) is 6.07 Å². The molecule has 0 saturated carbocycles. The quantitative estimate of drug-likeness (QED) is 0.895. The zero-order valence-electron chi connectivity index (χ0n) is 10.4. The fourth-order valence-corrected chi connectivity index (χ4v) is 1.80. The molecule has 5 heteroatoms.